The lowest BCUT2D eigenvalue weighted by atomic mass is 10.1. The average Bonchev–Trinajstić information content (AvgIpc) is 2.49. The molecule has 0 spiro atoms. The summed E-state index contributed by atoms with van der Waals surface area (Å²) >= 11 is 0. The molecule has 1 aliphatic rings. The standard InChI is InChI=1S/C17H20N2/c1-3-8-15(9-4-1)17-11-7-10-16(18-17)14-19-12-5-2-6-13-19/h1,3-4,7-11H,2,5-6,12-14H2. The van der Waals surface area contributed by atoms with Crippen molar-refractivity contribution in [2.45, 2.75) is 25.8 Å². The summed E-state index contributed by atoms with van der Waals surface area (Å²) in [4.78, 5) is 7.31. The highest BCUT2D eigenvalue weighted by molar-refractivity contribution is 5.58. The van der Waals surface area contributed by atoms with Gasteiger partial charge in [-0.05, 0) is 38.1 Å². The topological polar surface area (TPSA) is 16.1 Å². The number of piperidine rings is 1. The molecule has 1 saturated heterocycles. The molecule has 1 aromatic heterocycles. The molecule has 0 bridgehead atoms. The molecule has 0 aliphatic carbocycles. The lowest BCUT2D eigenvalue weighted by Gasteiger charge is -2.26. The van der Waals surface area contributed by atoms with Gasteiger partial charge in [0.05, 0.1) is 11.4 Å². The van der Waals surface area contributed by atoms with Crippen molar-refractivity contribution < 1.29 is 0 Å². The number of benzene rings is 1. The van der Waals surface area contributed by atoms with Crippen LogP contribution in [0.15, 0.2) is 48.5 Å². The second-order valence-electron chi connectivity index (χ2n) is 5.22. The third-order valence-electron chi connectivity index (χ3n) is 3.71. The molecule has 2 aromatic rings. The molecule has 0 amide bonds. The van der Waals surface area contributed by atoms with Crippen molar-refractivity contribution in [3.05, 3.63) is 54.2 Å². The summed E-state index contributed by atoms with van der Waals surface area (Å²) in [6, 6.07) is 16.8. The molecule has 2 heterocycles. The molecule has 3 rings (SSSR count). The van der Waals surface area contributed by atoms with Crippen LogP contribution in [0, 0.1) is 0 Å². The van der Waals surface area contributed by atoms with Crippen LogP contribution in [0.3, 0.4) is 0 Å². The maximum absolute atomic E-state index is 4.80. The van der Waals surface area contributed by atoms with E-state index in [4.69, 9.17) is 4.98 Å². The molecule has 1 aromatic carbocycles. The van der Waals surface area contributed by atoms with Crippen molar-refractivity contribution in [1.82, 2.24) is 9.88 Å². The number of nitrogens with zero attached hydrogens (tertiary/aromatic N) is 2. The van der Waals surface area contributed by atoms with Crippen LogP contribution in [0.5, 0.6) is 0 Å². The Kier molecular flexibility index (Phi) is 3.89. The highest BCUT2D eigenvalue weighted by Gasteiger charge is 2.11. The Labute approximate surface area is 115 Å². The zero-order valence-electron chi connectivity index (χ0n) is 11.3. The maximum atomic E-state index is 4.80. The van der Waals surface area contributed by atoms with Crippen molar-refractivity contribution in [2.24, 2.45) is 0 Å². The predicted molar refractivity (Wildman–Crippen MR) is 78.8 cm³/mol. The largest absolute Gasteiger partial charge is 0.298 e. The number of likely N-dealkylation sites (tertiary alicyclic amines) is 1. The van der Waals surface area contributed by atoms with Gasteiger partial charge in [-0.15, -0.1) is 0 Å². The van der Waals surface area contributed by atoms with E-state index in [0.29, 0.717) is 0 Å². The molecule has 19 heavy (non-hydrogen) atoms. The van der Waals surface area contributed by atoms with E-state index < -0.39 is 0 Å². The first kappa shape index (κ1) is 12.4. The van der Waals surface area contributed by atoms with Gasteiger partial charge in [-0.3, -0.25) is 9.88 Å². The van der Waals surface area contributed by atoms with Crippen molar-refractivity contribution in [2.75, 3.05) is 13.1 Å². The van der Waals surface area contributed by atoms with Crippen molar-refractivity contribution in [3.8, 4) is 11.3 Å². The van der Waals surface area contributed by atoms with Crippen LogP contribution in [-0.2, 0) is 6.54 Å². The Morgan fingerprint density at radius 3 is 2.42 bits per heavy atom. The van der Waals surface area contributed by atoms with E-state index in [-0.39, 0.29) is 0 Å². The van der Waals surface area contributed by atoms with Crippen molar-refractivity contribution in [3.63, 3.8) is 0 Å². The van der Waals surface area contributed by atoms with E-state index in [9.17, 15) is 0 Å². The summed E-state index contributed by atoms with van der Waals surface area (Å²) in [6.45, 7) is 3.43. The first-order valence-corrected chi connectivity index (χ1v) is 7.15. The Hall–Kier alpha value is -1.67. The van der Waals surface area contributed by atoms with Crippen molar-refractivity contribution in [1.29, 1.82) is 0 Å². The van der Waals surface area contributed by atoms with Gasteiger partial charge in [0, 0.05) is 12.1 Å². The summed E-state index contributed by atoms with van der Waals surface area (Å²) in [6.07, 6.45) is 4.05. The van der Waals surface area contributed by atoms with Gasteiger partial charge in [0.1, 0.15) is 0 Å². The van der Waals surface area contributed by atoms with E-state index in [1.807, 2.05) is 6.07 Å². The molecule has 0 saturated carbocycles. The second kappa shape index (κ2) is 5.98. The molecule has 0 unspecified atom stereocenters. The van der Waals surface area contributed by atoms with Crippen LogP contribution in [0.2, 0.25) is 0 Å². The zero-order chi connectivity index (χ0) is 12.9. The number of hydrogen-bond acceptors (Lipinski definition) is 2. The van der Waals surface area contributed by atoms with Crippen molar-refractivity contribution >= 4 is 0 Å². The summed E-state index contributed by atoms with van der Waals surface area (Å²) < 4.78 is 0. The van der Waals surface area contributed by atoms with Gasteiger partial charge in [-0.1, -0.05) is 42.8 Å². The van der Waals surface area contributed by atoms with Crippen LogP contribution < -0.4 is 0 Å². The number of aromatic nitrogens is 1. The van der Waals surface area contributed by atoms with Crippen LogP contribution in [0.1, 0.15) is 25.0 Å². The number of pyridine rings is 1. The molecular formula is C17H20N2. The average molecular weight is 252 g/mol. The van der Waals surface area contributed by atoms with Gasteiger partial charge in [0.15, 0.2) is 0 Å². The Morgan fingerprint density at radius 2 is 1.63 bits per heavy atom. The van der Waals surface area contributed by atoms with Crippen LogP contribution in [-0.4, -0.2) is 23.0 Å². The Balaban J connectivity index is 1.76. The fourth-order valence-corrected chi connectivity index (χ4v) is 2.68. The second-order valence-corrected chi connectivity index (χ2v) is 5.22. The van der Waals surface area contributed by atoms with Gasteiger partial charge in [-0.2, -0.15) is 0 Å². The van der Waals surface area contributed by atoms with Crippen LogP contribution in [0.25, 0.3) is 11.3 Å². The quantitative estimate of drug-likeness (QED) is 0.827. The third-order valence-corrected chi connectivity index (χ3v) is 3.71. The minimum absolute atomic E-state index is 0.987. The zero-order valence-corrected chi connectivity index (χ0v) is 11.3. The van der Waals surface area contributed by atoms with Gasteiger partial charge in [-0.25, -0.2) is 0 Å². The molecule has 0 radical (unpaired) electrons. The van der Waals surface area contributed by atoms with E-state index in [2.05, 4.69) is 47.4 Å². The predicted octanol–water partition coefficient (Wildman–Crippen LogP) is 3.73. The normalized spacial score (nSPS) is 16.4. The lowest BCUT2D eigenvalue weighted by molar-refractivity contribution is 0.218. The van der Waals surface area contributed by atoms with Gasteiger partial charge in [0.25, 0.3) is 0 Å². The van der Waals surface area contributed by atoms with Crippen LogP contribution >= 0.6 is 0 Å². The highest BCUT2D eigenvalue weighted by atomic mass is 15.1. The number of rotatable bonds is 3. The smallest absolute Gasteiger partial charge is 0.0705 e. The first-order valence-electron chi connectivity index (χ1n) is 7.15. The summed E-state index contributed by atoms with van der Waals surface area (Å²) in [5.74, 6) is 0. The highest BCUT2D eigenvalue weighted by Crippen LogP contribution is 2.18. The lowest BCUT2D eigenvalue weighted by Crippen LogP contribution is -2.29. The van der Waals surface area contributed by atoms with Crippen LogP contribution in [0.4, 0.5) is 0 Å². The molecular weight excluding hydrogens is 232 g/mol. The maximum Gasteiger partial charge on any atom is 0.0705 e. The summed E-state index contributed by atoms with van der Waals surface area (Å²) in [5, 5.41) is 0. The minimum atomic E-state index is 0.987. The fraction of sp³-hybridized carbons (Fsp3) is 0.353. The fourth-order valence-electron chi connectivity index (χ4n) is 2.68. The van der Waals surface area contributed by atoms with E-state index in [1.165, 1.54) is 43.6 Å². The molecule has 2 heteroatoms. The summed E-state index contributed by atoms with van der Waals surface area (Å²) in [5.41, 5.74) is 3.46. The molecule has 1 aliphatic heterocycles. The minimum Gasteiger partial charge on any atom is -0.298 e. The van der Waals surface area contributed by atoms with Gasteiger partial charge < -0.3 is 0 Å². The first-order chi connectivity index (χ1) is 9.42. The SMILES string of the molecule is c1ccc(-c2cccc(CN3CCCCC3)n2)cc1. The molecule has 98 valence electrons. The van der Waals surface area contributed by atoms with E-state index >= 15 is 0 Å². The Morgan fingerprint density at radius 1 is 0.842 bits per heavy atom. The number of hydrogen-bond donors (Lipinski definition) is 0. The molecule has 0 N–H and O–H groups in total. The molecule has 2 nitrogen and oxygen atoms in total. The monoisotopic (exact) mass is 252 g/mol. The third kappa shape index (κ3) is 3.21. The molecule has 0 atom stereocenters. The van der Waals surface area contributed by atoms with E-state index in [0.717, 1.165) is 12.2 Å². The van der Waals surface area contributed by atoms with Gasteiger partial charge in [0.2, 0.25) is 0 Å². The Bertz CT molecular complexity index is 516. The van der Waals surface area contributed by atoms with E-state index in [1.54, 1.807) is 0 Å². The van der Waals surface area contributed by atoms with Gasteiger partial charge >= 0.3 is 0 Å². The molecule has 1 fully saturated rings. The summed E-state index contributed by atoms with van der Waals surface area (Å²) in [7, 11) is 0.